The Bertz CT molecular complexity index is 708. The Morgan fingerprint density at radius 2 is 1.91 bits per heavy atom. The molecule has 0 amide bonds. The van der Waals surface area contributed by atoms with Crippen molar-refractivity contribution in [2.24, 2.45) is 0 Å². The number of alkyl halides is 3. The number of carboxylic acids is 1. The molecule has 0 spiro atoms. The van der Waals surface area contributed by atoms with Gasteiger partial charge in [-0.25, -0.2) is 4.79 Å². The highest BCUT2D eigenvalue weighted by Gasteiger charge is 2.31. The molecule has 0 aliphatic heterocycles. The summed E-state index contributed by atoms with van der Waals surface area (Å²) in [4.78, 5) is 13.9. The number of halogens is 3. The SMILES string of the molecule is CCN(CC)c1nn(-c2cccc(C(F)(F)F)c2)nc1C(=O)O. The maximum absolute atomic E-state index is 12.8. The lowest BCUT2D eigenvalue weighted by atomic mass is 10.2. The number of aromatic carboxylic acids is 1. The molecule has 2 aromatic rings. The maximum Gasteiger partial charge on any atom is 0.416 e. The third-order valence-corrected chi connectivity index (χ3v) is 3.27. The topological polar surface area (TPSA) is 71.2 Å². The Kier molecular flexibility index (Phi) is 4.57. The van der Waals surface area contributed by atoms with Crippen LogP contribution in [0, 0.1) is 0 Å². The molecule has 0 bridgehead atoms. The molecule has 0 saturated carbocycles. The van der Waals surface area contributed by atoms with Crippen LogP contribution in [0.5, 0.6) is 0 Å². The number of carboxylic acid groups (broad SMARTS) is 1. The van der Waals surface area contributed by atoms with Crippen LogP contribution < -0.4 is 4.90 Å². The lowest BCUT2D eigenvalue weighted by Crippen LogP contribution is -2.24. The van der Waals surface area contributed by atoms with Gasteiger partial charge in [0.15, 0.2) is 5.82 Å². The van der Waals surface area contributed by atoms with Crippen molar-refractivity contribution in [3.05, 3.63) is 35.5 Å². The van der Waals surface area contributed by atoms with Crippen LogP contribution in [-0.2, 0) is 6.18 Å². The van der Waals surface area contributed by atoms with Crippen molar-refractivity contribution in [3.8, 4) is 5.69 Å². The van der Waals surface area contributed by atoms with Crippen LogP contribution in [-0.4, -0.2) is 39.2 Å². The van der Waals surface area contributed by atoms with Gasteiger partial charge in [0, 0.05) is 13.1 Å². The summed E-state index contributed by atoms with van der Waals surface area (Å²) in [7, 11) is 0. The van der Waals surface area contributed by atoms with E-state index >= 15 is 0 Å². The summed E-state index contributed by atoms with van der Waals surface area (Å²) < 4.78 is 38.3. The molecule has 1 aromatic carbocycles. The molecular weight excluding hydrogens is 313 g/mol. The van der Waals surface area contributed by atoms with Gasteiger partial charge in [-0.05, 0) is 32.0 Å². The zero-order valence-corrected chi connectivity index (χ0v) is 12.5. The molecule has 2 rings (SSSR count). The zero-order chi connectivity index (χ0) is 17.2. The predicted octanol–water partition coefficient (Wildman–Crippen LogP) is 2.83. The van der Waals surface area contributed by atoms with Crippen molar-refractivity contribution < 1.29 is 23.1 Å². The van der Waals surface area contributed by atoms with Crippen LogP contribution in [0.25, 0.3) is 5.69 Å². The Morgan fingerprint density at radius 3 is 2.43 bits per heavy atom. The fourth-order valence-corrected chi connectivity index (χ4v) is 2.10. The van der Waals surface area contributed by atoms with Crippen LogP contribution in [0.4, 0.5) is 19.0 Å². The first-order valence-electron chi connectivity index (χ1n) is 6.91. The van der Waals surface area contributed by atoms with E-state index in [4.69, 9.17) is 0 Å². The Balaban J connectivity index is 2.53. The first-order valence-corrected chi connectivity index (χ1v) is 6.91. The average molecular weight is 328 g/mol. The quantitative estimate of drug-likeness (QED) is 0.914. The smallest absolute Gasteiger partial charge is 0.416 e. The van der Waals surface area contributed by atoms with Gasteiger partial charge in [-0.3, -0.25) is 0 Å². The highest BCUT2D eigenvalue weighted by Crippen LogP contribution is 2.30. The standard InChI is InChI=1S/C14H15F3N4O2/c1-3-20(4-2)12-11(13(22)23)18-21(19-12)10-7-5-6-9(8-10)14(15,16)17/h5-8H,3-4H2,1-2H3,(H,22,23). The first-order chi connectivity index (χ1) is 10.8. The fourth-order valence-electron chi connectivity index (χ4n) is 2.10. The molecule has 1 aromatic heterocycles. The minimum Gasteiger partial charge on any atom is -0.476 e. The summed E-state index contributed by atoms with van der Waals surface area (Å²) in [5.74, 6) is -1.16. The van der Waals surface area contributed by atoms with Crippen molar-refractivity contribution in [1.29, 1.82) is 0 Å². The Labute approximate surface area is 130 Å². The molecule has 124 valence electrons. The van der Waals surface area contributed by atoms with E-state index in [2.05, 4.69) is 10.2 Å². The molecule has 0 aliphatic rings. The average Bonchev–Trinajstić information content (AvgIpc) is 2.93. The molecule has 0 radical (unpaired) electrons. The summed E-state index contributed by atoms with van der Waals surface area (Å²) in [6.45, 7) is 4.63. The summed E-state index contributed by atoms with van der Waals surface area (Å²) in [6.07, 6.45) is -4.50. The fraction of sp³-hybridized carbons (Fsp3) is 0.357. The van der Waals surface area contributed by atoms with Crippen molar-refractivity contribution >= 4 is 11.8 Å². The van der Waals surface area contributed by atoms with Gasteiger partial charge in [-0.2, -0.15) is 13.2 Å². The van der Waals surface area contributed by atoms with E-state index < -0.39 is 17.7 Å². The Hall–Kier alpha value is -2.58. The van der Waals surface area contributed by atoms with Gasteiger partial charge in [0.1, 0.15) is 0 Å². The normalized spacial score (nSPS) is 11.5. The van der Waals surface area contributed by atoms with E-state index in [1.54, 1.807) is 4.90 Å². The van der Waals surface area contributed by atoms with Gasteiger partial charge in [-0.1, -0.05) is 6.07 Å². The van der Waals surface area contributed by atoms with E-state index in [0.717, 1.165) is 16.9 Å². The third-order valence-electron chi connectivity index (χ3n) is 3.27. The van der Waals surface area contributed by atoms with Crippen LogP contribution in [0.3, 0.4) is 0 Å². The third kappa shape index (κ3) is 3.43. The summed E-state index contributed by atoms with van der Waals surface area (Å²) in [5.41, 5.74) is -1.11. The van der Waals surface area contributed by atoms with E-state index in [9.17, 15) is 23.1 Å². The highest BCUT2D eigenvalue weighted by molar-refractivity contribution is 5.91. The number of aromatic nitrogens is 3. The van der Waals surface area contributed by atoms with Crippen molar-refractivity contribution in [2.75, 3.05) is 18.0 Å². The molecule has 1 N–H and O–H groups in total. The molecule has 0 unspecified atom stereocenters. The Morgan fingerprint density at radius 1 is 1.26 bits per heavy atom. The van der Waals surface area contributed by atoms with E-state index in [1.165, 1.54) is 12.1 Å². The summed E-state index contributed by atoms with van der Waals surface area (Å²) >= 11 is 0. The van der Waals surface area contributed by atoms with Crippen LogP contribution in [0.1, 0.15) is 29.9 Å². The number of hydrogen-bond acceptors (Lipinski definition) is 4. The minimum absolute atomic E-state index is 0.0423. The summed E-state index contributed by atoms with van der Waals surface area (Å²) in [6, 6.07) is 4.40. The predicted molar refractivity (Wildman–Crippen MR) is 76.9 cm³/mol. The molecule has 0 saturated heterocycles. The van der Waals surface area contributed by atoms with Crippen LogP contribution >= 0.6 is 0 Å². The van der Waals surface area contributed by atoms with Gasteiger partial charge in [0.2, 0.25) is 5.69 Å². The van der Waals surface area contributed by atoms with Gasteiger partial charge in [-0.15, -0.1) is 15.0 Å². The van der Waals surface area contributed by atoms with E-state index in [0.29, 0.717) is 13.1 Å². The van der Waals surface area contributed by atoms with Crippen LogP contribution in [0.15, 0.2) is 24.3 Å². The van der Waals surface area contributed by atoms with Gasteiger partial charge >= 0.3 is 12.1 Å². The molecule has 0 aliphatic carbocycles. The minimum atomic E-state index is -4.50. The lowest BCUT2D eigenvalue weighted by Gasteiger charge is -2.17. The number of carbonyl (C=O) groups is 1. The number of hydrogen-bond donors (Lipinski definition) is 1. The number of benzene rings is 1. The first kappa shape index (κ1) is 16.8. The van der Waals surface area contributed by atoms with Gasteiger partial charge < -0.3 is 10.0 Å². The largest absolute Gasteiger partial charge is 0.476 e. The molecule has 0 atom stereocenters. The molecular formula is C14H15F3N4O2. The second-order valence-electron chi connectivity index (χ2n) is 4.69. The molecule has 9 heteroatoms. The highest BCUT2D eigenvalue weighted by atomic mass is 19.4. The monoisotopic (exact) mass is 328 g/mol. The van der Waals surface area contributed by atoms with Crippen molar-refractivity contribution in [3.63, 3.8) is 0 Å². The van der Waals surface area contributed by atoms with E-state index in [1.807, 2.05) is 13.8 Å². The second kappa shape index (κ2) is 6.27. The second-order valence-corrected chi connectivity index (χ2v) is 4.69. The lowest BCUT2D eigenvalue weighted by molar-refractivity contribution is -0.137. The number of rotatable bonds is 5. The summed E-state index contributed by atoms with van der Waals surface area (Å²) in [5, 5.41) is 17.1. The zero-order valence-electron chi connectivity index (χ0n) is 12.5. The molecule has 1 heterocycles. The number of anilines is 1. The molecule has 6 nitrogen and oxygen atoms in total. The van der Waals surface area contributed by atoms with Gasteiger partial charge in [0.25, 0.3) is 0 Å². The van der Waals surface area contributed by atoms with Crippen LogP contribution in [0.2, 0.25) is 0 Å². The maximum atomic E-state index is 12.8. The van der Waals surface area contributed by atoms with E-state index in [-0.39, 0.29) is 17.2 Å². The molecule has 23 heavy (non-hydrogen) atoms. The van der Waals surface area contributed by atoms with Crippen molar-refractivity contribution in [2.45, 2.75) is 20.0 Å². The van der Waals surface area contributed by atoms with Gasteiger partial charge in [0.05, 0.1) is 11.3 Å². The van der Waals surface area contributed by atoms with Crippen molar-refractivity contribution in [1.82, 2.24) is 15.0 Å². The number of nitrogens with zero attached hydrogens (tertiary/aromatic N) is 4. The molecule has 0 fully saturated rings.